The number of hydrogen-bond donors (Lipinski definition) is 1. The molecule has 0 bridgehead atoms. The Bertz CT molecular complexity index is 523. The number of halogens is 1. The fourth-order valence-corrected chi connectivity index (χ4v) is 3.40. The molecule has 1 fully saturated rings. The first-order valence-corrected chi connectivity index (χ1v) is 9.10. The van der Waals surface area contributed by atoms with Crippen molar-refractivity contribution in [3.8, 4) is 5.75 Å². The number of likely N-dealkylation sites (N-methyl/N-ethyl adjacent to an activating group) is 1. The van der Waals surface area contributed by atoms with Crippen LogP contribution in [0.1, 0.15) is 57.4 Å². The van der Waals surface area contributed by atoms with Crippen LogP contribution in [0.5, 0.6) is 5.75 Å². The van der Waals surface area contributed by atoms with E-state index in [0.717, 1.165) is 18.6 Å². The number of hydrogen-bond acceptors (Lipinski definition) is 3. The van der Waals surface area contributed by atoms with E-state index in [9.17, 15) is 4.79 Å². The molecule has 0 heterocycles. The molecule has 1 saturated carbocycles. The highest BCUT2D eigenvalue weighted by Gasteiger charge is 2.34. The fourth-order valence-electron chi connectivity index (χ4n) is 3.40. The molecule has 1 aromatic carbocycles. The molecular formula is C20H33ClN2O2. The molecule has 0 aliphatic heterocycles. The maximum Gasteiger partial charge on any atom is 0.258 e. The Morgan fingerprint density at radius 1 is 1.16 bits per heavy atom. The Hall–Kier alpha value is -1.26. The largest absolute Gasteiger partial charge is 0.484 e. The summed E-state index contributed by atoms with van der Waals surface area (Å²) < 4.78 is 5.61. The van der Waals surface area contributed by atoms with Gasteiger partial charge in [-0.1, -0.05) is 45.2 Å². The van der Waals surface area contributed by atoms with Gasteiger partial charge in [0.1, 0.15) is 5.75 Å². The van der Waals surface area contributed by atoms with Gasteiger partial charge in [0.05, 0.1) is 0 Å². The van der Waals surface area contributed by atoms with Gasteiger partial charge in [-0.2, -0.15) is 0 Å². The molecule has 0 aromatic heterocycles. The van der Waals surface area contributed by atoms with E-state index in [0.29, 0.717) is 12.5 Å². The van der Waals surface area contributed by atoms with Crippen LogP contribution in [0.3, 0.4) is 0 Å². The summed E-state index contributed by atoms with van der Waals surface area (Å²) in [5.41, 5.74) is 1.38. The van der Waals surface area contributed by atoms with E-state index in [-0.39, 0.29) is 30.5 Å². The van der Waals surface area contributed by atoms with Crippen molar-refractivity contribution in [1.29, 1.82) is 0 Å². The van der Waals surface area contributed by atoms with Gasteiger partial charge < -0.3 is 15.0 Å². The zero-order valence-electron chi connectivity index (χ0n) is 16.0. The number of carbonyl (C=O) groups excluding carboxylic acids is 1. The summed E-state index contributed by atoms with van der Waals surface area (Å²) in [6.45, 7) is 5.10. The van der Waals surface area contributed by atoms with Crippen molar-refractivity contribution >= 4 is 18.3 Å². The second-order valence-corrected chi connectivity index (χ2v) is 7.47. The summed E-state index contributed by atoms with van der Waals surface area (Å²) in [4.78, 5) is 14.4. The molecule has 1 amide bonds. The molecule has 4 nitrogen and oxygen atoms in total. The van der Waals surface area contributed by atoms with Gasteiger partial charge in [0.25, 0.3) is 5.91 Å². The minimum atomic E-state index is -0.0465. The average molecular weight is 369 g/mol. The van der Waals surface area contributed by atoms with E-state index < -0.39 is 0 Å². The zero-order valence-corrected chi connectivity index (χ0v) is 16.8. The lowest BCUT2D eigenvalue weighted by molar-refractivity contribution is -0.123. The van der Waals surface area contributed by atoms with Crippen LogP contribution in [0.2, 0.25) is 0 Å². The topological polar surface area (TPSA) is 41.6 Å². The molecule has 2 rings (SSSR count). The molecule has 0 saturated heterocycles. The summed E-state index contributed by atoms with van der Waals surface area (Å²) in [5.74, 6) is 1.20. The maximum absolute atomic E-state index is 12.1. The minimum Gasteiger partial charge on any atom is -0.484 e. The normalized spacial score (nSPS) is 16.4. The monoisotopic (exact) mass is 368 g/mol. The number of carbonyl (C=O) groups is 1. The van der Waals surface area contributed by atoms with Crippen molar-refractivity contribution in [3.63, 3.8) is 0 Å². The van der Waals surface area contributed by atoms with E-state index in [2.05, 4.69) is 50.3 Å². The van der Waals surface area contributed by atoms with E-state index in [1.54, 1.807) is 0 Å². The van der Waals surface area contributed by atoms with Crippen LogP contribution in [0.15, 0.2) is 24.3 Å². The van der Waals surface area contributed by atoms with E-state index >= 15 is 0 Å². The van der Waals surface area contributed by atoms with Crippen LogP contribution in [-0.2, 0) is 4.79 Å². The Kier molecular flexibility index (Phi) is 8.74. The highest BCUT2D eigenvalue weighted by molar-refractivity contribution is 5.85. The molecule has 1 aliphatic carbocycles. The molecule has 1 aromatic rings. The number of nitrogens with one attached hydrogen (secondary N) is 1. The Balaban J connectivity index is 0.00000312. The van der Waals surface area contributed by atoms with Crippen molar-refractivity contribution < 1.29 is 9.53 Å². The van der Waals surface area contributed by atoms with Crippen LogP contribution in [0.25, 0.3) is 0 Å². The molecule has 142 valence electrons. The van der Waals surface area contributed by atoms with E-state index in [4.69, 9.17) is 4.74 Å². The van der Waals surface area contributed by atoms with Gasteiger partial charge in [-0.25, -0.2) is 0 Å². The predicted molar refractivity (Wildman–Crippen MR) is 106 cm³/mol. The van der Waals surface area contributed by atoms with E-state index in [1.165, 1.54) is 24.8 Å². The predicted octanol–water partition coefficient (Wildman–Crippen LogP) is 3.99. The van der Waals surface area contributed by atoms with Gasteiger partial charge in [0, 0.05) is 12.1 Å². The van der Waals surface area contributed by atoms with Gasteiger partial charge in [0.15, 0.2) is 6.61 Å². The van der Waals surface area contributed by atoms with Crippen LogP contribution < -0.4 is 10.1 Å². The third-order valence-corrected chi connectivity index (χ3v) is 5.26. The quantitative estimate of drug-likeness (QED) is 0.791. The minimum absolute atomic E-state index is 0. The van der Waals surface area contributed by atoms with Crippen molar-refractivity contribution in [2.45, 2.75) is 57.4 Å². The second-order valence-electron chi connectivity index (χ2n) is 7.47. The molecule has 5 heteroatoms. The van der Waals surface area contributed by atoms with E-state index in [1.807, 2.05) is 12.1 Å². The van der Waals surface area contributed by atoms with Crippen LogP contribution >= 0.6 is 12.4 Å². The van der Waals surface area contributed by atoms with Crippen molar-refractivity contribution in [2.24, 2.45) is 0 Å². The van der Waals surface area contributed by atoms with Crippen LogP contribution in [0, 0.1) is 0 Å². The first kappa shape index (κ1) is 21.8. The standard InChI is InChI=1S/C20H32N2O2.ClH/c1-16(2)17-8-10-18(11-9-17)24-14-19(23)21-15-20(22(3)4)12-6-5-7-13-20;/h8-11,16H,5-7,12-15H2,1-4H3,(H,21,23);1H. The molecule has 0 radical (unpaired) electrons. The van der Waals surface area contributed by atoms with Gasteiger partial charge in [-0.15, -0.1) is 12.4 Å². The molecule has 25 heavy (non-hydrogen) atoms. The lowest BCUT2D eigenvalue weighted by atomic mass is 9.80. The number of ether oxygens (including phenoxy) is 1. The third-order valence-electron chi connectivity index (χ3n) is 5.26. The summed E-state index contributed by atoms with van der Waals surface area (Å²) in [7, 11) is 4.23. The number of benzene rings is 1. The molecule has 0 atom stereocenters. The SMILES string of the molecule is CC(C)c1ccc(OCC(=O)NCC2(N(C)C)CCCCC2)cc1.Cl. The van der Waals surface area contributed by atoms with Crippen molar-refractivity contribution in [3.05, 3.63) is 29.8 Å². The number of nitrogens with zero attached hydrogens (tertiary/aromatic N) is 1. The first-order chi connectivity index (χ1) is 11.4. The van der Waals surface area contributed by atoms with Crippen molar-refractivity contribution in [1.82, 2.24) is 10.2 Å². The van der Waals surface area contributed by atoms with Gasteiger partial charge >= 0.3 is 0 Å². The summed E-state index contributed by atoms with van der Waals surface area (Å²) in [6, 6.07) is 7.98. The first-order valence-electron chi connectivity index (χ1n) is 9.10. The number of rotatable bonds is 7. The molecular weight excluding hydrogens is 336 g/mol. The zero-order chi connectivity index (χ0) is 17.6. The van der Waals surface area contributed by atoms with Gasteiger partial charge in [-0.05, 0) is 50.6 Å². The van der Waals surface area contributed by atoms with Gasteiger partial charge in [0.2, 0.25) is 0 Å². The second kappa shape index (κ2) is 10.0. The van der Waals surface area contributed by atoms with Gasteiger partial charge in [-0.3, -0.25) is 4.79 Å². The van der Waals surface area contributed by atoms with Crippen molar-refractivity contribution in [2.75, 3.05) is 27.2 Å². The molecule has 0 spiro atoms. The Morgan fingerprint density at radius 2 is 1.76 bits per heavy atom. The lowest BCUT2D eigenvalue weighted by Crippen LogP contribution is -2.54. The lowest BCUT2D eigenvalue weighted by Gasteiger charge is -2.43. The van der Waals surface area contributed by atoms with Crippen LogP contribution in [-0.4, -0.2) is 43.6 Å². The highest BCUT2D eigenvalue weighted by Crippen LogP contribution is 2.31. The summed E-state index contributed by atoms with van der Waals surface area (Å²) in [5, 5.41) is 3.07. The Labute approximate surface area is 158 Å². The summed E-state index contributed by atoms with van der Waals surface area (Å²) >= 11 is 0. The summed E-state index contributed by atoms with van der Waals surface area (Å²) in [6.07, 6.45) is 6.09. The Morgan fingerprint density at radius 3 is 2.28 bits per heavy atom. The number of amides is 1. The fraction of sp³-hybridized carbons (Fsp3) is 0.650. The smallest absolute Gasteiger partial charge is 0.258 e. The average Bonchev–Trinajstić information content (AvgIpc) is 2.59. The van der Waals surface area contributed by atoms with Crippen LogP contribution in [0.4, 0.5) is 0 Å². The maximum atomic E-state index is 12.1. The molecule has 1 aliphatic rings. The third kappa shape index (κ3) is 6.19. The highest BCUT2D eigenvalue weighted by atomic mass is 35.5. The molecule has 0 unspecified atom stereocenters. The molecule has 1 N–H and O–H groups in total.